The van der Waals surface area contributed by atoms with E-state index in [4.69, 9.17) is 0 Å². The lowest BCUT2D eigenvalue weighted by Gasteiger charge is -2.36. The van der Waals surface area contributed by atoms with Crippen LogP contribution in [-0.2, 0) is 5.41 Å². The zero-order valence-corrected chi connectivity index (χ0v) is 31.6. The van der Waals surface area contributed by atoms with Gasteiger partial charge in [-0.1, -0.05) is 178 Å². The average Bonchev–Trinajstić information content (AvgIpc) is 3.60. The van der Waals surface area contributed by atoms with Gasteiger partial charge in [0.2, 0.25) is 0 Å². The van der Waals surface area contributed by atoms with E-state index >= 15 is 0 Å². The van der Waals surface area contributed by atoms with Crippen molar-refractivity contribution in [2.24, 2.45) is 0 Å². The van der Waals surface area contributed by atoms with Gasteiger partial charge in [0, 0.05) is 37.1 Å². The summed E-state index contributed by atoms with van der Waals surface area (Å²) < 4.78 is 2.65. The molecule has 1 nitrogen and oxygen atoms in total. The van der Waals surface area contributed by atoms with Crippen molar-refractivity contribution in [3.63, 3.8) is 0 Å². The van der Waals surface area contributed by atoms with Crippen molar-refractivity contribution in [2.75, 3.05) is 4.90 Å². The molecule has 1 aromatic heterocycles. The summed E-state index contributed by atoms with van der Waals surface area (Å²) in [6, 6.07) is 70.8. The second-order valence-corrected chi connectivity index (χ2v) is 16.1. The first-order valence-electron chi connectivity index (χ1n) is 18.7. The van der Waals surface area contributed by atoms with Gasteiger partial charge in [0.15, 0.2) is 0 Å². The summed E-state index contributed by atoms with van der Waals surface area (Å²) in [7, 11) is 0. The highest BCUT2D eigenvalue weighted by Gasteiger charge is 2.30. The van der Waals surface area contributed by atoms with Crippen LogP contribution in [0.2, 0.25) is 0 Å². The van der Waals surface area contributed by atoms with Crippen LogP contribution in [0.3, 0.4) is 0 Å². The van der Waals surface area contributed by atoms with E-state index in [0.29, 0.717) is 0 Å². The minimum atomic E-state index is -0.187. The number of hydrogen-bond donors (Lipinski definition) is 0. The molecule has 9 rings (SSSR count). The summed E-state index contributed by atoms with van der Waals surface area (Å²) in [5.74, 6) is 0. The maximum Gasteiger partial charge on any atom is 0.0583 e. The normalized spacial score (nSPS) is 11.6. The van der Waals surface area contributed by atoms with Gasteiger partial charge in [-0.25, -0.2) is 0 Å². The Morgan fingerprint density at radius 1 is 0.370 bits per heavy atom. The number of nitrogens with zero attached hydrogens (tertiary/aromatic N) is 1. The third kappa shape index (κ3) is 6.29. The summed E-state index contributed by atoms with van der Waals surface area (Å²) in [6.45, 7) is 7.03. The van der Waals surface area contributed by atoms with Gasteiger partial charge in [-0.15, -0.1) is 11.3 Å². The molecule has 0 spiro atoms. The van der Waals surface area contributed by atoms with Crippen LogP contribution < -0.4 is 4.90 Å². The number of fused-ring (bicyclic) bond motifs is 3. The van der Waals surface area contributed by atoms with Crippen molar-refractivity contribution in [3.05, 3.63) is 200 Å². The molecular weight excluding hydrogens is 671 g/mol. The molecule has 260 valence electrons. The second-order valence-electron chi connectivity index (χ2n) is 15.0. The fourth-order valence-electron chi connectivity index (χ4n) is 7.84. The molecule has 0 atom stereocenters. The Balaban J connectivity index is 1.26. The van der Waals surface area contributed by atoms with Gasteiger partial charge in [0.25, 0.3) is 0 Å². The van der Waals surface area contributed by atoms with Gasteiger partial charge in [-0.05, 0) is 86.3 Å². The van der Waals surface area contributed by atoms with E-state index in [9.17, 15) is 0 Å². The quantitative estimate of drug-likeness (QED) is 0.159. The molecule has 2 heteroatoms. The summed E-state index contributed by atoms with van der Waals surface area (Å²) in [5, 5.41) is 2.65. The SMILES string of the molecule is CC(C)(C)c1c(-c2ccccc2)ccc(-c2ccccc2)c1N(c1ccc(-c2ccccc2)cc1)c1ccc(-c2ccc3c(c2)sc2ccccc23)cc1. The Kier molecular flexibility index (Phi) is 8.69. The first-order valence-corrected chi connectivity index (χ1v) is 19.5. The maximum atomic E-state index is 2.49. The molecule has 0 aliphatic heterocycles. The third-order valence-electron chi connectivity index (χ3n) is 10.4. The topological polar surface area (TPSA) is 3.24 Å². The predicted molar refractivity (Wildman–Crippen MR) is 234 cm³/mol. The monoisotopic (exact) mass is 711 g/mol. The van der Waals surface area contributed by atoms with Crippen molar-refractivity contribution in [3.8, 4) is 44.5 Å². The van der Waals surface area contributed by atoms with Crippen LogP contribution in [0.1, 0.15) is 26.3 Å². The van der Waals surface area contributed by atoms with Gasteiger partial charge in [0.05, 0.1) is 5.69 Å². The van der Waals surface area contributed by atoms with Crippen LogP contribution in [0, 0.1) is 0 Å². The molecule has 54 heavy (non-hydrogen) atoms. The summed E-state index contributed by atoms with van der Waals surface area (Å²) in [4.78, 5) is 2.49. The molecule has 0 saturated carbocycles. The molecular formula is C52H41NS. The molecule has 0 radical (unpaired) electrons. The Labute approximate surface area is 322 Å². The van der Waals surface area contributed by atoms with Crippen LogP contribution in [-0.4, -0.2) is 0 Å². The zero-order chi connectivity index (χ0) is 36.6. The smallest absolute Gasteiger partial charge is 0.0583 e. The van der Waals surface area contributed by atoms with Gasteiger partial charge >= 0.3 is 0 Å². The molecule has 0 N–H and O–H groups in total. The highest BCUT2D eigenvalue weighted by molar-refractivity contribution is 7.25. The largest absolute Gasteiger partial charge is 0.310 e. The Hall–Kier alpha value is -6.22. The van der Waals surface area contributed by atoms with Gasteiger partial charge in [0.1, 0.15) is 0 Å². The molecule has 0 saturated heterocycles. The van der Waals surface area contributed by atoms with Gasteiger partial charge in [-0.3, -0.25) is 0 Å². The van der Waals surface area contributed by atoms with Gasteiger partial charge in [-0.2, -0.15) is 0 Å². The van der Waals surface area contributed by atoms with Crippen LogP contribution >= 0.6 is 11.3 Å². The number of rotatable bonds is 7. The third-order valence-corrected chi connectivity index (χ3v) is 11.5. The standard InChI is InChI=1S/C52H41NS/c1-52(2,3)50-44(39-17-9-5-10-18-39)33-34-45(40-19-11-6-12-20-40)51(50)53(42-28-23-37(24-29-42)36-15-7-4-8-16-36)43-30-25-38(26-31-43)41-27-32-47-46-21-13-14-22-48(46)54-49(47)35-41/h4-35H,1-3H3. The van der Waals surface area contributed by atoms with Crippen LogP contribution in [0.15, 0.2) is 194 Å². The lowest BCUT2D eigenvalue weighted by molar-refractivity contribution is 0.593. The summed E-state index contributed by atoms with van der Waals surface area (Å²) >= 11 is 1.87. The molecule has 0 amide bonds. The zero-order valence-electron chi connectivity index (χ0n) is 30.8. The van der Waals surface area contributed by atoms with Crippen LogP contribution in [0.5, 0.6) is 0 Å². The van der Waals surface area contributed by atoms with E-state index in [0.717, 1.165) is 11.4 Å². The predicted octanol–water partition coefficient (Wildman–Crippen LogP) is 15.5. The Morgan fingerprint density at radius 2 is 0.815 bits per heavy atom. The Morgan fingerprint density at radius 3 is 1.41 bits per heavy atom. The average molecular weight is 712 g/mol. The number of hydrogen-bond acceptors (Lipinski definition) is 2. The van der Waals surface area contributed by atoms with Crippen molar-refractivity contribution in [2.45, 2.75) is 26.2 Å². The van der Waals surface area contributed by atoms with E-state index in [1.54, 1.807) is 0 Å². The minimum Gasteiger partial charge on any atom is -0.310 e. The van der Waals surface area contributed by atoms with Crippen LogP contribution in [0.25, 0.3) is 64.7 Å². The lowest BCUT2D eigenvalue weighted by Crippen LogP contribution is -2.21. The molecule has 9 aromatic rings. The van der Waals surface area contributed by atoms with Crippen molar-refractivity contribution < 1.29 is 0 Å². The van der Waals surface area contributed by atoms with Crippen molar-refractivity contribution >= 4 is 48.6 Å². The van der Waals surface area contributed by atoms with Crippen molar-refractivity contribution in [1.82, 2.24) is 0 Å². The van der Waals surface area contributed by atoms with E-state index in [1.165, 1.54) is 75.9 Å². The number of anilines is 3. The van der Waals surface area contributed by atoms with E-state index in [-0.39, 0.29) is 5.41 Å². The molecule has 0 unspecified atom stereocenters. The fraction of sp³-hybridized carbons (Fsp3) is 0.0769. The van der Waals surface area contributed by atoms with E-state index in [1.807, 2.05) is 11.3 Å². The Bertz CT molecular complexity index is 2700. The molecule has 0 aliphatic carbocycles. The number of benzene rings is 8. The molecule has 8 aromatic carbocycles. The first-order chi connectivity index (χ1) is 26.4. The first kappa shape index (κ1) is 33.6. The lowest BCUT2D eigenvalue weighted by atomic mass is 9.78. The highest BCUT2D eigenvalue weighted by atomic mass is 32.1. The molecule has 1 heterocycles. The van der Waals surface area contributed by atoms with E-state index < -0.39 is 0 Å². The van der Waals surface area contributed by atoms with Crippen molar-refractivity contribution in [1.29, 1.82) is 0 Å². The molecule has 0 fully saturated rings. The maximum absolute atomic E-state index is 2.49. The summed E-state index contributed by atoms with van der Waals surface area (Å²) in [5.41, 5.74) is 14.2. The number of thiophene rings is 1. The molecule has 0 aliphatic rings. The second kappa shape index (κ2) is 14.0. The fourth-order valence-corrected chi connectivity index (χ4v) is 8.99. The van der Waals surface area contributed by atoms with E-state index in [2.05, 4.69) is 220 Å². The highest BCUT2D eigenvalue weighted by Crippen LogP contribution is 2.50. The van der Waals surface area contributed by atoms with Gasteiger partial charge < -0.3 is 4.90 Å². The van der Waals surface area contributed by atoms with Crippen LogP contribution in [0.4, 0.5) is 17.1 Å². The molecule has 0 bridgehead atoms. The minimum absolute atomic E-state index is 0.187. The summed E-state index contributed by atoms with van der Waals surface area (Å²) in [6.07, 6.45) is 0.